The summed E-state index contributed by atoms with van der Waals surface area (Å²) in [6.45, 7) is 10.2. The maximum atomic E-state index is 12.8. The quantitative estimate of drug-likeness (QED) is 0.0652. The monoisotopic (exact) mass is 851 g/mol. The number of rotatable bonds is 9. The fraction of sp³-hybridized carbons (Fsp3) is 0.196. The van der Waals surface area contributed by atoms with Gasteiger partial charge < -0.3 is 14.6 Å². The average Bonchev–Trinajstić information content (AvgIpc) is 3.29. The lowest BCUT2D eigenvalue weighted by Gasteiger charge is -2.21. The van der Waals surface area contributed by atoms with Gasteiger partial charge in [0.25, 0.3) is 0 Å². The summed E-state index contributed by atoms with van der Waals surface area (Å²) < 4.78 is 10.6. The first-order valence-electron chi connectivity index (χ1n) is 20.3. The van der Waals surface area contributed by atoms with E-state index in [0.717, 1.165) is 50.3 Å². The van der Waals surface area contributed by atoms with E-state index in [-0.39, 0.29) is 5.78 Å². The minimum Gasteiger partial charge on any atom is -0.496 e. The summed E-state index contributed by atoms with van der Waals surface area (Å²) in [4.78, 5) is 21.1. The number of Topliss-reactive ketones (excluding diaryl/α,β-unsaturated/α-hetero) is 1. The highest BCUT2D eigenvalue weighted by Gasteiger charge is 2.26. The Morgan fingerprint density at radius 3 is 1.50 bits per heavy atom. The van der Waals surface area contributed by atoms with Gasteiger partial charge in [0.15, 0.2) is 5.78 Å². The largest absolute Gasteiger partial charge is 0.496 e. The van der Waals surface area contributed by atoms with Gasteiger partial charge in [0.05, 0.1) is 26.0 Å². The summed E-state index contributed by atoms with van der Waals surface area (Å²) in [5.74, 6) is 1.34. The minimum atomic E-state index is -0.571. The molecule has 13 nitrogen and oxygen atoms in total. The Morgan fingerprint density at radius 2 is 0.984 bits per heavy atom. The Labute approximate surface area is 372 Å². The van der Waals surface area contributed by atoms with Crippen LogP contribution in [0.5, 0.6) is 11.5 Å². The van der Waals surface area contributed by atoms with Crippen molar-refractivity contribution in [1.29, 1.82) is 0 Å². The third-order valence-electron chi connectivity index (χ3n) is 10.6. The molecule has 0 amide bonds. The van der Waals surface area contributed by atoms with Gasteiger partial charge in [-0.3, -0.25) is 4.79 Å². The van der Waals surface area contributed by atoms with E-state index in [1.54, 1.807) is 50.6 Å². The van der Waals surface area contributed by atoms with Gasteiger partial charge >= 0.3 is 0 Å². The van der Waals surface area contributed by atoms with Crippen LogP contribution in [0.15, 0.2) is 148 Å². The number of methoxy groups -OCH3 is 2. The van der Waals surface area contributed by atoms with E-state index in [1.807, 2.05) is 99.6 Å². The van der Waals surface area contributed by atoms with E-state index >= 15 is 0 Å². The van der Waals surface area contributed by atoms with Gasteiger partial charge in [-0.15, -0.1) is 0 Å². The zero-order valence-corrected chi connectivity index (χ0v) is 36.9. The summed E-state index contributed by atoms with van der Waals surface area (Å²) >= 11 is 0. The molecule has 1 atom stereocenters. The molecule has 6 aromatic rings. The second kappa shape index (κ2) is 22.7. The molecule has 0 spiro atoms. The van der Waals surface area contributed by atoms with E-state index in [1.165, 1.54) is 16.7 Å². The zero-order chi connectivity index (χ0) is 46.2. The number of hydrogen-bond donors (Lipinski definition) is 1. The van der Waals surface area contributed by atoms with Crippen molar-refractivity contribution in [3.05, 3.63) is 203 Å². The summed E-state index contributed by atoms with van der Waals surface area (Å²) in [6.07, 6.45) is 3.76. The van der Waals surface area contributed by atoms with Gasteiger partial charge in [-0.1, -0.05) is 124 Å². The highest BCUT2D eigenvalue weighted by Crippen LogP contribution is 2.35. The van der Waals surface area contributed by atoms with E-state index < -0.39 is 6.10 Å². The third-order valence-corrected chi connectivity index (χ3v) is 10.6. The van der Waals surface area contributed by atoms with Gasteiger partial charge in [-0.05, 0) is 137 Å². The van der Waals surface area contributed by atoms with Crippen LogP contribution in [-0.2, 0) is 4.79 Å². The van der Waals surface area contributed by atoms with Crippen LogP contribution in [0, 0.1) is 34.6 Å². The molecule has 7 rings (SSSR count). The van der Waals surface area contributed by atoms with Crippen molar-refractivity contribution in [3.63, 3.8) is 0 Å². The zero-order valence-electron chi connectivity index (χ0n) is 36.9. The predicted molar refractivity (Wildman–Crippen MR) is 256 cm³/mol. The molecule has 322 valence electrons. The van der Waals surface area contributed by atoms with Crippen LogP contribution in [-0.4, -0.2) is 31.2 Å². The smallest absolute Gasteiger partial charge is 0.185 e. The Hall–Kier alpha value is -8.04. The molecule has 1 fully saturated rings. The lowest BCUT2D eigenvalue weighted by molar-refractivity contribution is -0.113. The summed E-state index contributed by atoms with van der Waals surface area (Å²) in [7, 11) is 3.20. The topological polar surface area (TPSA) is 202 Å². The number of ketones is 1. The molecule has 1 N–H and O–H groups in total. The number of carbonyl (C=O) groups excluding carboxylic acids is 1. The van der Waals surface area contributed by atoms with Crippen LogP contribution in [0.4, 0.5) is 17.1 Å². The molecule has 1 unspecified atom stereocenters. The number of ether oxygens (including phenoxy) is 2. The molecule has 0 heterocycles. The summed E-state index contributed by atoms with van der Waals surface area (Å²) in [5, 5.41) is 21.0. The van der Waals surface area contributed by atoms with Crippen LogP contribution in [0.25, 0.3) is 65.7 Å². The van der Waals surface area contributed by atoms with E-state index in [2.05, 4.69) is 62.1 Å². The molecule has 0 radical (unpaired) electrons. The molecular weight excluding hydrogens is 803 g/mol. The fourth-order valence-electron chi connectivity index (χ4n) is 6.88. The van der Waals surface area contributed by atoms with Crippen LogP contribution < -0.4 is 9.47 Å². The van der Waals surface area contributed by atoms with Gasteiger partial charge in [-0.2, -0.15) is 0 Å². The van der Waals surface area contributed by atoms with Gasteiger partial charge in [0.2, 0.25) is 0 Å². The van der Waals surface area contributed by atoms with E-state index in [9.17, 15) is 9.90 Å². The van der Waals surface area contributed by atoms with E-state index in [4.69, 9.17) is 26.1 Å². The van der Waals surface area contributed by atoms with Crippen LogP contribution in [0.3, 0.4) is 0 Å². The molecule has 0 saturated heterocycles. The number of aryl methyl sites for hydroxylation is 5. The standard InChI is InChI=1S/C21H19N3O2.C15H15N3O2.C15H15N3/c1-14-2-4-15(5-3-14)10-17-12-20(25)13-18(21(17)26)11-16-6-8-19(9-7-16)23-24-22;1-10-4-5-11(8-14(10)19-2)12-6-7-13(17-18-16)15(9-12)20-3;1-10-4-5-13(8-11(10)2)14-6-7-15(17-18-16)12(3)9-14/h2-11,20,25H,12-13H2,1H3;4-9H,1-3H3;4-9H,1-3H3/b17-10+,18-11+;;. The molecule has 1 aliphatic carbocycles. The summed E-state index contributed by atoms with van der Waals surface area (Å²) in [6, 6.07) is 38.7. The average molecular weight is 852 g/mol. The molecule has 0 aromatic heterocycles. The Bertz CT molecular complexity index is 2850. The maximum absolute atomic E-state index is 12.8. The molecule has 0 aliphatic heterocycles. The van der Waals surface area contributed by atoms with Gasteiger partial charge in [0.1, 0.15) is 11.5 Å². The first-order chi connectivity index (χ1) is 30.8. The lowest BCUT2D eigenvalue weighted by atomic mass is 9.85. The third kappa shape index (κ3) is 12.7. The number of azide groups is 3. The molecule has 0 bridgehead atoms. The molecule has 6 aromatic carbocycles. The number of aliphatic hydroxyl groups excluding tert-OH is 1. The maximum Gasteiger partial charge on any atom is 0.185 e. The van der Waals surface area contributed by atoms with Crippen molar-refractivity contribution in [1.82, 2.24) is 0 Å². The highest BCUT2D eigenvalue weighted by atomic mass is 16.5. The normalized spacial score (nSPS) is 14.1. The first-order valence-corrected chi connectivity index (χ1v) is 20.3. The molecule has 1 saturated carbocycles. The van der Waals surface area contributed by atoms with Crippen molar-refractivity contribution in [2.45, 2.75) is 53.6 Å². The number of carbonyl (C=O) groups is 1. The highest BCUT2D eigenvalue weighted by molar-refractivity contribution is 6.14. The molecule has 1 aliphatic rings. The SMILES string of the molecule is COc1cc(-c2ccc(N=[N+]=[N-])c(OC)c2)ccc1C.Cc1ccc(-c2ccc(N=[N+]=[N-])c(C)c2)cc1C.Cc1ccc(/C=C2\CC(O)C/C(=C\c3ccc(N=[N+]=[N-])cc3)C2=O)cc1. The number of hydrogen-bond acceptors (Lipinski definition) is 7. The Morgan fingerprint density at radius 1 is 0.531 bits per heavy atom. The molecular formula is C51H49N9O4. The van der Waals surface area contributed by atoms with E-state index in [0.29, 0.717) is 46.8 Å². The van der Waals surface area contributed by atoms with Crippen molar-refractivity contribution in [2.24, 2.45) is 15.3 Å². The van der Waals surface area contributed by atoms with Gasteiger partial charge in [0, 0.05) is 50.1 Å². The van der Waals surface area contributed by atoms with Crippen molar-refractivity contribution < 1.29 is 19.4 Å². The predicted octanol–water partition coefficient (Wildman–Crippen LogP) is 15.0. The number of nitrogens with zero attached hydrogens (tertiary/aromatic N) is 9. The molecule has 64 heavy (non-hydrogen) atoms. The number of aliphatic hydroxyl groups is 1. The summed E-state index contributed by atoms with van der Waals surface area (Å²) in [5.41, 5.74) is 40.2. The second-order valence-electron chi connectivity index (χ2n) is 15.2. The fourth-order valence-corrected chi connectivity index (χ4v) is 6.88. The Kier molecular flexibility index (Phi) is 16.7. The van der Waals surface area contributed by atoms with Crippen LogP contribution >= 0.6 is 0 Å². The van der Waals surface area contributed by atoms with Crippen molar-refractivity contribution in [2.75, 3.05) is 14.2 Å². The minimum absolute atomic E-state index is 0.0324. The number of benzene rings is 6. The first kappa shape index (κ1) is 47.0. The van der Waals surface area contributed by atoms with Crippen molar-refractivity contribution >= 4 is 35.0 Å². The second-order valence-corrected chi connectivity index (χ2v) is 15.2. The Balaban J connectivity index is 0.000000184. The van der Waals surface area contributed by atoms with Gasteiger partial charge in [-0.25, -0.2) is 0 Å². The van der Waals surface area contributed by atoms with Crippen molar-refractivity contribution in [3.8, 4) is 33.8 Å². The van der Waals surface area contributed by atoms with Crippen LogP contribution in [0.1, 0.15) is 51.8 Å². The lowest BCUT2D eigenvalue weighted by Crippen LogP contribution is -2.23. The van der Waals surface area contributed by atoms with Crippen LogP contribution in [0.2, 0.25) is 0 Å². The molecule has 13 heteroatoms.